The Kier molecular flexibility index (Phi) is 6.03. The van der Waals surface area contributed by atoms with Crippen LogP contribution in [0, 0.1) is 12.5 Å². The predicted molar refractivity (Wildman–Crippen MR) is 100 cm³/mol. The van der Waals surface area contributed by atoms with Gasteiger partial charge in [0.25, 0.3) is 5.82 Å². The molecule has 0 aliphatic heterocycles. The third-order valence-electron chi connectivity index (χ3n) is 4.90. The van der Waals surface area contributed by atoms with Gasteiger partial charge >= 0.3 is 0 Å². The summed E-state index contributed by atoms with van der Waals surface area (Å²) < 4.78 is 0. The van der Waals surface area contributed by atoms with E-state index in [2.05, 4.69) is 28.7 Å². The van der Waals surface area contributed by atoms with Crippen LogP contribution in [0.2, 0.25) is 0 Å². The Morgan fingerprint density at radius 2 is 1.92 bits per heavy atom. The molecule has 1 atom stereocenters. The highest BCUT2D eigenvalue weighted by atomic mass is 16.1. The molecule has 0 spiro atoms. The fourth-order valence-electron chi connectivity index (χ4n) is 2.66. The molecule has 130 valence electrons. The van der Waals surface area contributed by atoms with Gasteiger partial charge in [-0.2, -0.15) is 0 Å². The van der Waals surface area contributed by atoms with E-state index in [1.165, 1.54) is 6.20 Å². The summed E-state index contributed by atoms with van der Waals surface area (Å²) in [5, 5.41) is 0. The maximum atomic E-state index is 12.7. The summed E-state index contributed by atoms with van der Waals surface area (Å²) in [5.41, 5.74) is 2.06. The predicted octanol–water partition coefficient (Wildman–Crippen LogP) is 5.37. The number of hydrogen-bond acceptors (Lipinski definition) is 3. The minimum atomic E-state index is -0.504. The molecule has 2 rings (SSSR count). The summed E-state index contributed by atoms with van der Waals surface area (Å²) in [6.45, 7) is 15.4. The molecule has 0 fully saturated rings. The Morgan fingerprint density at radius 3 is 2.52 bits per heavy atom. The van der Waals surface area contributed by atoms with Crippen LogP contribution in [0.3, 0.4) is 0 Å². The second-order valence-corrected chi connectivity index (χ2v) is 7.05. The van der Waals surface area contributed by atoms with Gasteiger partial charge in [-0.05, 0) is 31.7 Å². The van der Waals surface area contributed by atoms with Crippen LogP contribution < -0.4 is 0 Å². The van der Waals surface area contributed by atoms with Gasteiger partial charge in [-0.25, -0.2) is 0 Å². The fraction of sp³-hybridized carbons (Fsp3) is 0.429. The Balaban J connectivity index is 2.17. The van der Waals surface area contributed by atoms with E-state index in [0.717, 1.165) is 24.0 Å². The van der Waals surface area contributed by atoms with Crippen LogP contribution in [0.1, 0.15) is 52.5 Å². The molecule has 0 aliphatic carbocycles. The molecule has 2 aromatic rings. The van der Waals surface area contributed by atoms with Crippen LogP contribution in [0.5, 0.6) is 0 Å². The molecule has 0 saturated carbocycles. The van der Waals surface area contributed by atoms with Crippen molar-refractivity contribution in [2.75, 3.05) is 0 Å². The number of rotatable bonds is 7. The molecule has 0 amide bonds. The second kappa shape index (κ2) is 8.02. The van der Waals surface area contributed by atoms with E-state index in [-0.39, 0.29) is 11.6 Å². The van der Waals surface area contributed by atoms with Gasteiger partial charge in [0.1, 0.15) is 5.78 Å². The average molecular weight is 335 g/mol. The molecule has 0 aliphatic rings. The topological polar surface area (TPSA) is 47.2 Å². The molecule has 25 heavy (non-hydrogen) atoms. The van der Waals surface area contributed by atoms with E-state index in [1.807, 2.05) is 38.1 Å². The van der Waals surface area contributed by atoms with Crippen LogP contribution in [0.25, 0.3) is 16.1 Å². The lowest BCUT2D eigenvalue weighted by atomic mass is 9.78. The molecular formula is C21H25N3O. The minimum absolute atomic E-state index is 0.273. The van der Waals surface area contributed by atoms with E-state index in [1.54, 1.807) is 6.20 Å². The third kappa shape index (κ3) is 4.51. The molecule has 0 unspecified atom stereocenters. The van der Waals surface area contributed by atoms with Crippen molar-refractivity contribution in [2.24, 2.45) is 5.92 Å². The number of carbonyl (C=O) groups is 1. The van der Waals surface area contributed by atoms with E-state index in [9.17, 15) is 4.79 Å². The molecule has 0 saturated heterocycles. The number of hydrogen-bond donors (Lipinski definition) is 0. The third-order valence-corrected chi connectivity index (χ3v) is 4.90. The van der Waals surface area contributed by atoms with Crippen molar-refractivity contribution in [1.82, 2.24) is 9.97 Å². The molecule has 1 heterocycles. The Bertz CT molecular complexity index is 772. The van der Waals surface area contributed by atoms with Crippen molar-refractivity contribution in [1.29, 1.82) is 0 Å². The van der Waals surface area contributed by atoms with Crippen LogP contribution >= 0.6 is 0 Å². The van der Waals surface area contributed by atoms with Crippen LogP contribution in [-0.2, 0) is 10.2 Å². The summed E-state index contributed by atoms with van der Waals surface area (Å²) in [6.07, 6.45) is 5.75. The van der Waals surface area contributed by atoms with Crippen molar-refractivity contribution < 1.29 is 4.79 Å². The zero-order chi connectivity index (χ0) is 18.4. The number of ketones is 1. The van der Waals surface area contributed by atoms with Crippen molar-refractivity contribution in [3.63, 3.8) is 0 Å². The highest BCUT2D eigenvalue weighted by molar-refractivity contribution is 5.89. The molecule has 0 N–H and O–H groups in total. The first-order valence-electron chi connectivity index (χ1n) is 8.72. The van der Waals surface area contributed by atoms with E-state index >= 15 is 0 Å². The number of Topliss-reactive ketones (excluding diaryl/α,β-unsaturated/α-hetero) is 1. The van der Waals surface area contributed by atoms with Gasteiger partial charge in [0.05, 0.1) is 12.4 Å². The summed E-state index contributed by atoms with van der Waals surface area (Å²) in [6, 6.07) is 7.83. The zero-order valence-electron chi connectivity index (χ0n) is 15.4. The maximum Gasteiger partial charge on any atom is 0.288 e. The largest absolute Gasteiger partial charge is 0.359 e. The van der Waals surface area contributed by atoms with E-state index < -0.39 is 5.41 Å². The van der Waals surface area contributed by atoms with Gasteiger partial charge in [-0.3, -0.25) is 9.78 Å². The van der Waals surface area contributed by atoms with Gasteiger partial charge in [-0.1, -0.05) is 51.1 Å². The van der Waals surface area contributed by atoms with Crippen molar-refractivity contribution in [3.05, 3.63) is 53.6 Å². The summed E-state index contributed by atoms with van der Waals surface area (Å²) in [5.74, 6) is 1.13. The highest BCUT2D eigenvalue weighted by Gasteiger charge is 2.29. The molecule has 1 aromatic heterocycles. The molecule has 4 nitrogen and oxygen atoms in total. The zero-order valence-corrected chi connectivity index (χ0v) is 15.4. The highest BCUT2D eigenvalue weighted by Crippen LogP contribution is 2.29. The Hall–Kier alpha value is -2.54. The van der Waals surface area contributed by atoms with Crippen molar-refractivity contribution in [3.8, 4) is 11.3 Å². The number of benzene rings is 1. The first-order chi connectivity index (χ1) is 11.9. The van der Waals surface area contributed by atoms with Crippen molar-refractivity contribution in [2.45, 2.75) is 52.4 Å². The molecule has 0 radical (unpaired) electrons. The van der Waals surface area contributed by atoms with E-state index in [4.69, 9.17) is 6.57 Å². The normalized spacial score (nSPS) is 12.4. The van der Waals surface area contributed by atoms with Gasteiger partial charge < -0.3 is 4.85 Å². The summed E-state index contributed by atoms with van der Waals surface area (Å²) in [4.78, 5) is 24.3. The second-order valence-electron chi connectivity index (χ2n) is 7.05. The first kappa shape index (κ1) is 18.8. The van der Waals surface area contributed by atoms with Gasteiger partial charge in [0, 0.05) is 17.4 Å². The first-order valence-corrected chi connectivity index (χ1v) is 8.72. The maximum absolute atomic E-state index is 12.7. The van der Waals surface area contributed by atoms with Crippen LogP contribution in [0.4, 0.5) is 5.82 Å². The summed E-state index contributed by atoms with van der Waals surface area (Å²) >= 11 is 0. The molecule has 4 heteroatoms. The fourth-order valence-corrected chi connectivity index (χ4v) is 2.66. The quantitative estimate of drug-likeness (QED) is 0.639. The SMILES string of the molecule is [C-]#[N+]c1cncc(-c2ccc(C(C)(C)C(=O)CC[C@@H](C)CC)cc2)n1. The smallest absolute Gasteiger partial charge is 0.288 e. The molecule has 0 bridgehead atoms. The Labute approximate surface area is 150 Å². The Morgan fingerprint density at radius 1 is 1.24 bits per heavy atom. The number of carbonyl (C=O) groups excluding carboxylic acids is 1. The van der Waals surface area contributed by atoms with Gasteiger partial charge in [0.2, 0.25) is 0 Å². The van der Waals surface area contributed by atoms with Crippen LogP contribution in [0.15, 0.2) is 36.7 Å². The van der Waals surface area contributed by atoms with Crippen LogP contribution in [-0.4, -0.2) is 15.8 Å². The monoisotopic (exact) mass is 335 g/mol. The lowest BCUT2D eigenvalue weighted by Gasteiger charge is -2.24. The van der Waals surface area contributed by atoms with Gasteiger partial charge in [-0.15, -0.1) is 4.98 Å². The minimum Gasteiger partial charge on any atom is -0.359 e. The lowest BCUT2D eigenvalue weighted by molar-refractivity contribution is -0.123. The number of aromatic nitrogens is 2. The van der Waals surface area contributed by atoms with E-state index in [0.29, 0.717) is 18.0 Å². The standard InChI is InChI=1S/C21H25N3O/c1-6-15(2)7-12-19(25)21(3,4)17-10-8-16(9-11-17)18-13-23-14-20(22-5)24-18/h8-11,13-15H,6-7,12H2,1-4H3/t15-/m0/s1. The van der Waals surface area contributed by atoms with Crippen molar-refractivity contribution >= 4 is 11.6 Å². The average Bonchev–Trinajstić information content (AvgIpc) is 2.65. The molecule has 1 aromatic carbocycles. The number of nitrogens with zero attached hydrogens (tertiary/aromatic N) is 3. The van der Waals surface area contributed by atoms with Gasteiger partial charge in [0.15, 0.2) is 5.69 Å². The summed E-state index contributed by atoms with van der Waals surface area (Å²) in [7, 11) is 0. The molecular weight excluding hydrogens is 310 g/mol. The lowest BCUT2D eigenvalue weighted by Crippen LogP contribution is -2.29.